The van der Waals surface area contributed by atoms with E-state index in [0.717, 1.165) is 16.5 Å². The first-order chi connectivity index (χ1) is 10.4. The molecule has 2 heterocycles. The molecular weight excluding hydrogens is 302 g/mol. The number of sulfone groups is 1. The SMILES string of the molecule is Cc1ccc2nnc(C(=O)N(C)[C@H]3CCS(=O)(=O)C3)cc2c1. The van der Waals surface area contributed by atoms with E-state index in [4.69, 9.17) is 0 Å². The van der Waals surface area contributed by atoms with E-state index in [1.807, 2.05) is 25.1 Å². The third-order valence-electron chi connectivity index (χ3n) is 4.04. The summed E-state index contributed by atoms with van der Waals surface area (Å²) in [5, 5.41) is 8.89. The topological polar surface area (TPSA) is 80.2 Å². The molecule has 22 heavy (non-hydrogen) atoms. The third kappa shape index (κ3) is 2.81. The molecule has 1 fully saturated rings. The molecule has 1 atom stereocenters. The Labute approximate surface area is 129 Å². The van der Waals surface area contributed by atoms with Crippen LogP contribution in [0.5, 0.6) is 0 Å². The molecule has 0 spiro atoms. The molecule has 0 bridgehead atoms. The van der Waals surface area contributed by atoms with Crippen molar-refractivity contribution < 1.29 is 13.2 Å². The Morgan fingerprint density at radius 3 is 2.73 bits per heavy atom. The summed E-state index contributed by atoms with van der Waals surface area (Å²) in [5.74, 6) is -0.134. The Kier molecular flexibility index (Phi) is 3.60. The minimum atomic E-state index is -3.03. The van der Waals surface area contributed by atoms with Crippen LogP contribution >= 0.6 is 0 Å². The van der Waals surface area contributed by atoms with Crippen LogP contribution in [-0.2, 0) is 9.84 Å². The average molecular weight is 319 g/mol. The smallest absolute Gasteiger partial charge is 0.274 e. The zero-order chi connectivity index (χ0) is 15.9. The van der Waals surface area contributed by atoms with Crippen molar-refractivity contribution in [1.29, 1.82) is 0 Å². The molecule has 0 unspecified atom stereocenters. The summed E-state index contributed by atoms with van der Waals surface area (Å²) in [6.07, 6.45) is 0.477. The standard InChI is InChI=1S/C15H17N3O3S/c1-10-3-4-13-11(7-10)8-14(17-16-13)15(19)18(2)12-5-6-22(20,21)9-12/h3-4,7-8,12H,5-6,9H2,1-2H3/t12-/m0/s1. The van der Waals surface area contributed by atoms with E-state index in [1.165, 1.54) is 4.90 Å². The molecule has 1 saturated heterocycles. The number of rotatable bonds is 2. The molecule has 7 heteroatoms. The minimum absolute atomic E-state index is 0.0232. The van der Waals surface area contributed by atoms with Crippen LogP contribution in [0, 0.1) is 6.92 Å². The Hall–Kier alpha value is -2.02. The number of fused-ring (bicyclic) bond motifs is 1. The molecule has 6 nitrogen and oxygen atoms in total. The number of hydrogen-bond donors (Lipinski definition) is 0. The number of amides is 1. The molecule has 1 aromatic heterocycles. The van der Waals surface area contributed by atoms with Gasteiger partial charge >= 0.3 is 0 Å². The first-order valence-corrected chi connectivity index (χ1v) is 8.89. The largest absolute Gasteiger partial charge is 0.336 e. The quantitative estimate of drug-likeness (QED) is 0.831. The molecular formula is C15H17N3O3S. The fourth-order valence-corrected chi connectivity index (χ4v) is 4.47. The number of benzene rings is 1. The molecule has 1 aromatic carbocycles. The lowest BCUT2D eigenvalue weighted by Crippen LogP contribution is -2.38. The average Bonchev–Trinajstić information content (AvgIpc) is 2.85. The van der Waals surface area contributed by atoms with E-state index in [1.54, 1.807) is 13.1 Å². The van der Waals surface area contributed by atoms with E-state index in [0.29, 0.717) is 6.42 Å². The first kappa shape index (κ1) is 14.9. The summed E-state index contributed by atoms with van der Waals surface area (Å²) in [6, 6.07) is 7.17. The van der Waals surface area contributed by atoms with Crippen molar-refractivity contribution in [3.05, 3.63) is 35.5 Å². The van der Waals surface area contributed by atoms with Crippen LogP contribution in [-0.4, -0.2) is 54.0 Å². The second-order valence-electron chi connectivity index (χ2n) is 5.76. The third-order valence-corrected chi connectivity index (χ3v) is 5.79. The lowest BCUT2D eigenvalue weighted by Gasteiger charge is -2.22. The summed E-state index contributed by atoms with van der Waals surface area (Å²) in [5.41, 5.74) is 2.05. The summed E-state index contributed by atoms with van der Waals surface area (Å²) in [6.45, 7) is 1.97. The highest BCUT2D eigenvalue weighted by atomic mass is 32.2. The number of nitrogens with zero attached hydrogens (tertiary/aromatic N) is 3. The Morgan fingerprint density at radius 2 is 2.05 bits per heavy atom. The second-order valence-corrected chi connectivity index (χ2v) is 7.99. The Bertz CT molecular complexity index is 848. The molecule has 0 aliphatic carbocycles. The van der Waals surface area contributed by atoms with Gasteiger partial charge in [-0.15, -0.1) is 10.2 Å². The van der Waals surface area contributed by atoms with Gasteiger partial charge in [-0.1, -0.05) is 11.6 Å². The van der Waals surface area contributed by atoms with E-state index >= 15 is 0 Å². The van der Waals surface area contributed by atoms with Crippen molar-refractivity contribution in [1.82, 2.24) is 15.1 Å². The van der Waals surface area contributed by atoms with Crippen LogP contribution < -0.4 is 0 Å². The van der Waals surface area contributed by atoms with E-state index < -0.39 is 9.84 Å². The molecule has 116 valence electrons. The molecule has 1 aliphatic rings. The van der Waals surface area contributed by atoms with Gasteiger partial charge in [-0.2, -0.15) is 0 Å². The minimum Gasteiger partial charge on any atom is -0.336 e. The maximum Gasteiger partial charge on any atom is 0.274 e. The number of carbonyl (C=O) groups excluding carboxylic acids is 1. The fourth-order valence-electron chi connectivity index (χ4n) is 2.70. The van der Waals surface area contributed by atoms with Crippen LogP contribution in [0.15, 0.2) is 24.3 Å². The van der Waals surface area contributed by atoms with Crippen LogP contribution in [0.2, 0.25) is 0 Å². The predicted octanol–water partition coefficient (Wildman–Crippen LogP) is 1.20. The molecule has 1 amide bonds. The zero-order valence-electron chi connectivity index (χ0n) is 12.5. The van der Waals surface area contributed by atoms with Crippen LogP contribution in [0.25, 0.3) is 10.9 Å². The molecule has 0 saturated carbocycles. The van der Waals surface area contributed by atoms with Gasteiger partial charge in [-0.05, 0) is 31.5 Å². The number of carbonyl (C=O) groups is 1. The van der Waals surface area contributed by atoms with Gasteiger partial charge in [0.25, 0.3) is 5.91 Å². The van der Waals surface area contributed by atoms with Crippen LogP contribution in [0.1, 0.15) is 22.5 Å². The Morgan fingerprint density at radius 1 is 1.27 bits per heavy atom. The maximum atomic E-state index is 12.5. The monoisotopic (exact) mass is 319 g/mol. The predicted molar refractivity (Wildman–Crippen MR) is 83.4 cm³/mol. The lowest BCUT2D eigenvalue weighted by molar-refractivity contribution is 0.0741. The van der Waals surface area contributed by atoms with Gasteiger partial charge in [0.15, 0.2) is 15.5 Å². The summed E-state index contributed by atoms with van der Waals surface area (Å²) < 4.78 is 23.1. The molecule has 1 aliphatic heterocycles. The van der Waals surface area contributed by atoms with Gasteiger partial charge < -0.3 is 4.90 Å². The molecule has 0 N–H and O–H groups in total. The highest BCUT2D eigenvalue weighted by Gasteiger charge is 2.33. The van der Waals surface area contributed by atoms with Gasteiger partial charge in [0.1, 0.15) is 0 Å². The van der Waals surface area contributed by atoms with Crippen molar-refractivity contribution in [2.24, 2.45) is 0 Å². The number of aryl methyl sites for hydroxylation is 1. The van der Waals surface area contributed by atoms with Gasteiger partial charge in [0.05, 0.1) is 17.0 Å². The second kappa shape index (κ2) is 5.31. The zero-order valence-corrected chi connectivity index (χ0v) is 13.3. The normalized spacial score (nSPS) is 20.2. The maximum absolute atomic E-state index is 12.5. The van der Waals surface area contributed by atoms with Gasteiger partial charge in [-0.25, -0.2) is 8.42 Å². The van der Waals surface area contributed by atoms with Crippen LogP contribution in [0.3, 0.4) is 0 Å². The first-order valence-electron chi connectivity index (χ1n) is 7.07. The highest BCUT2D eigenvalue weighted by molar-refractivity contribution is 7.91. The van der Waals surface area contributed by atoms with Gasteiger partial charge in [-0.3, -0.25) is 4.79 Å². The molecule has 2 aromatic rings. The van der Waals surface area contributed by atoms with E-state index in [-0.39, 0.29) is 29.1 Å². The van der Waals surface area contributed by atoms with Crippen molar-refractivity contribution in [2.45, 2.75) is 19.4 Å². The summed E-state index contributed by atoms with van der Waals surface area (Å²) in [7, 11) is -1.41. The Balaban J connectivity index is 1.88. The van der Waals surface area contributed by atoms with Crippen molar-refractivity contribution in [3.8, 4) is 0 Å². The number of hydrogen-bond acceptors (Lipinski definition) is 5. The fraction of sp³-hybridized carbons (Fsp3) is 0.400. The van der Waals surface area contributed by atoms with E-state index in [9.17, 15) is 13.2 Å². The summed E-state index contributed by atoms with van der Waals surface area (Å²) >= 11 is 0. The number of aromatic nitrogens is 2. The lowest BCUT2D eigenvalue weighted by atomic mass is 10.1. The van der Waals surface area contributed by atoms with Gasteiger partial charge in [0, 0.05) is 18.5 Å². The van der Waals surface area contributed by atoms with Crippen molar-refractivity contribution in [2.75, 3.05) is 18.6 Å². The van der Waals surface area contributed by atoms with E-state index in [2.05, 4.69) is 10.2 Å². The summed E-state index contributed by atoms with van der Waals surface area (Å²) in [4.78, 5) is 14.0. The molecule has 0 radical (unpaired) electrons. The van der Waals surface area contributed by atoms with Crippen molar-refractivity contribution >= 4 is 26.6 Å². The van der Waals surface area contributed by atoms with Gasteiger partial charge in [0.2, 0.25) is 0 Å². The highest BCUT2D eigenvalue weighted by Crippen LogP contribution is 2.19. The molecule has 3 rings (SSSR count). The van der Waals surface area contributed by atoms with Crippen molar-refractivity contribution in [3.63, 3.8) is 0 Å². The van der Waals surface area contributed by atoms with Crippen LogP contribution in [0.4, 0.5) is 0 Å².